The molecular formula is C17H14Br2N2O5. The van der Waals surface area contributed by atoms with Gasteiger partial charge in [-0.15, -0.1) is 0 Å². The number of hydrazone groups is 1. The van der Waals surface area contributed by atoms with Crippen molar-refractivity contribution in [2.75, 3.05) is 19.8 Å². The summed E-state index contributed by atoms with van der Waals surface area (Å²) >= 11 is 6.54. The maximum atomic E-state index is 11.9. The van der Waals surface area contributed by atoms with Gasteiger partial charge in [0.25, 0.3) is 5.91 Å². The fourth-order valence-corrected chi connectivity index (χ4v) is 3.45. The summed E-state index contributed by atoms with van der Waals surface area (Å²) < 4.78 is 17.7. The van der Waals surface area contributed by atoms with E-state index in [1.807, 2.05) is 0 Å². The molecule has 0 atom stereocenters. The number of aromatic hydroxyl groups is 1. The van der Waals surface area contributed by atoms with Crippen LogP contribution < -0.4 is 19.6 Å². The van der Waals surface area contributed by atoms with Crippen LogP contribution in [-0.4, -0.2) is 37.0 Å². The fraction of sp³-hybridized carbons (Fsp3) is 0.176. The molecule has 1 amide bonds. The van der Waals surface area contributed by atoms with Crippen LogP contribution in [-0.2, 0) is 4.79 Å². The number of halogens is 2. The van der Waals surface area contributed by atoms with Gasteiger partial charge in [-0.1, -0.05) is 22.0 Å². The van der Waals surface area contributed by atoms with E-state index in [4.69, 9.17) is 14.2 Å². The average molecular weight is 486 g/mol. The average Bonchev–Trinajstić information content (AvgIpc) is 2.63. The maximum Gasteiger partial charge on any atom is 0.277 e. The molecule has 0 aromatic heterocycles. The fourth-order valence-electron chi connectivity index (χ4n) is 2.19. The van der Waals surface area contributed by atoms with Gasteiger partial charge in [0.2, 0.25) is 5.75 Å². The smallest absolute Gasteiger partial charge is 0.277 e. The topological polar surface area (TPSA) is 89.4 Å². The molecule has 26 heavy (non-hydrogen) atoms. The number of hydrogen-bond acceptors (Lipinski definition) is 6. The molecule has 0 unspecified atom stereocenters. The van der Waals surface area contributed by atoms with E-state index in [0.29, 0.717) is 40.5 Å². The van der Waals surface area contributed by atoms with E-state index in [0.717, 1.165) is 4.47 Å². The molecule has 3 rings (SSSR count). The molecule has 1 aliphatic rings. The lowest BCUT2D eigenvalue weighted by Crippen LogP contribution is -2.25. The summed E-state index contributed by atoms with van der Waals surface area (Å²) in [7, 11) is 0. The van der Waals surface area contributed by atoms with Crippen LogP contribution in [0.3, 0.4) is 0 Å². The minimum atomic E-state index is -0.455. The molecule has 1 aliphatic heterocycles. The van der Waals surface area contributed by atoms with Crippen molar-refractivity contribution in [1.29, 1.82) is 0 Å². The van der Waals surface area contributed by atoms with Gasteiger partial charge in [-0.05, 0) is 40.2 Å². The Balaban J connectivity index is 1.57. The third-order valence-corrected chi connectivity index (χ3v) is 4.40. The maximum absolute atomic E-state index is 11.9. The number of phenols is 1. The Hall–Kier alpha value is -2.26. The van der Waals surface area contributed by atoms with Gasteiger partial charge in [0, 0.05) is 10.0 Å². The molecule has 2 aromatic carbocycles. The van der Waals surface area contributed by atoms with E-state index < -0.39 is 5.91 Å². The Morgan fingerprint density at radius 1 is 1.31 bits per heavy atom. The number of ether oxygens (including phenoxy) is 3. The van der Waals surface area contributed by atoms with Gasteiger partial charge in [-0.25, -0.2) is 5.43 Å². The van der Waals surface area contributed by atoms with Gasteiger partial charge >= 0.3 is 0 Å². The zero-order valence-corrected chi connectivity index (χ0v) is 16.5. The van der Waals surface area contributed by atoms with Crippen LogP contribution in [0.2, 0.25) is 0 Å². The van der Waals surface area contributed by atoms with Gasteiger partial charge in [-0.2, -0.15) is 5.10 Å². The van der Waals surface area contributed by atoms with E-state index in [1.165, 1.54) is 6.21 Å². The minimum absolute atomic E-state index is 0.0236. The Bertz CT molecular complexity index is 857. The summed E-state index contributed by atoms with van der Waals surface area (Å²) in [6.45, 7) is 0.658. The molecule has 0 saturated heterocycles. The number of hydrogen-bond donors (Lipinski definition) is 2. The highest BCUT2D eigenvalue weighted by atomic mass is 79.9. The zero-order valence-electron chi connectivity index (χ0n) is 13.4. The Kier molecular flexibility index (Phi) is 6.00. The van der Waals surface area contributed by atoms with Crippen molar-refractivity contribution in [3.63, 3.8) is 0 Å². The number of phenolic OH excluding ortho intramolecular Hbond substituents is 1. The second kappa shape index (κ2) is 8.41. The van der Waals surface area contributed by atoms with E-state index in [9.17, 15) is 9.90 Å². The molecule has 0 spiro atoms. The van der Waals surface area contributed by atoms with Crippen LogP contribution in [0.15, 0.2) is 44.4 Å². The van der Waals surface area contributed by atoms with Crippen molar-refractivity contribution < 1.29 is 24.1 Å². The van der Waals surface area contributed by atoms with Gasteiger partial charge in [0.1, 0.15) is 19.0 Å². The van der Waals surface area contributed by atoms with Crippen molar-refractivity contribution in [3.05, 3.63) is 44.8 Å². The van der Waals surface area contributed by atoms with Gasteiger partial charge in [0.15, 0.2) is 18.1 Å². The van der Waals surface area contributed by atoms with Crippen LogP contribution in [0.4, 0.5) is 0 Å². The SMILES string of the molecule is O=C(COc1cccc2c1OCCO2)N/N=C/c1cc(Br)cc(Br)c1O. The summed E-state index contributed by atoms with van der Waals surface area (Å²) in [4.78, 5) is 11.9. The Morgan fingerprint density at radius 3 is 2.96 bits per heavy atom. The molecule has 0 fully saturated rings. The van der Waals surface area contributed by atoms with E-state index >= 15 is 0 Å². The lowest BCUT2D eigenvalue weighted by Gasteiger charge is -2.20. The third kappa shape index (κ3) is 4.47. The number of fused-ring (bicyclic) bond motifs is 1. The number of nitrogens with one attached hydrogen (secondary N) is 1. The first-order valence-electron chi connectivity index (χ1n) is 7.56. The Morgan fingerprint density at radius 2 is 2.12 bits per heavy atom. The number of nitrogens with zero attached hydrogens (tertiary/aromatic N) is 1. The minimum Gasteiger partial charge on any atom is -0.506 e. The highest BCUT2D eigenvalue weighted by Crippen LogP contribution is 2.38. The zero-order chi connectivity index (χ0) is 18.5. The molecule has 2 aromatic rings. The normalized spacial score (nSPS) is 12.8. The summed E-state index contributed by atoms with van der Waals surface area (Å²) in [6, 6.07) is 8.59. The largest absolute Gasteiger partial charge is 0.506 e. The van der Waals surface area contributed by atoms with Crippen molar-refractivity contribution >= 4 is 44.0 Å². The molecule has 9 heteroatoms. The first-order chi connectivity index (χ1) is 12.5. The van der Waals surface area contributed by atoms with Crippen molar-refractivity contribution in [2.24, 2.45) is 5.10 Å². The Labute approximate surface area is 166 Å². The summed E-state index contributed by atoms with van der Waals surface area (Å²) in [5, 5.41) is 13.8. The number of para-hydroxylation sites is 1. The number of carbonyl (C=O) groups excluding carboxylic acids is 1. The van der Waals surface area contributed by atoms with Crippen LogP contribution in [0.1, 0.15) is 5.56 Å². The quantitative estimate of drug-likeness (QED) is 0.501. The van der Waals surface area contributed by atoms with Gasteiger partial charge in [0.05, 0.1) is 10.7 Å². The summed E-state index contributed by atoms with van der Waals surface area (Å²) in [5.74, 6) is 1.07. The van der Waals surface area contributed by atoms with E-state index in [-0.39, 0.29) is 12.4 Å². The lowest BCUT2D eigenvalue weighted by molar-refractivity contribution is -0.123. The lowest BCUT2D eigenvalue weighted by atomic mass is 10.2. The predicted molar refractivity (Wildman–Crippen MR) is 102 cm³/mol. The first kappa shape index (κ1) is 18.5. The van der Waals surface area contributed by atoms with Crippen molar-refractivity contribution in [3.8, 4) is 23.0 Å². The predicted octanol–water partition coefficient (Wildman–Crippen LogP) is 3.22. The summed E-state index contributed by atoms with van der Waals surface area (Å²) in [5.41, 5.74) is 2.78. The third-order valence-electron chi connectivity index (χ3n) is 3.34. The van der Waals surface area contributed by atoms with E-state index in [2.05, 4.69) is 42.4 Å². The van der Waals surface area contributed by atoms with Crippen LogP contribution in [0, 0.1) is 0 Å². The van der Waals surface area contributed by atoms with Crippen molar-refractivity contribution in [2.45, 2.75) is 0 Å². The molecule has 7 nitrogen and oxygen atoms in total. The molecule has 0 radical (unpaired) electrons. The number of amides is 1. The molecular weight excluding hydrogens is 472 g/mol. The second-order valence-electron chi connectivity index (χ2n) is 5.19. The van der Waals surface area contributed by atoms with Gasteiger partial charge in [-0.3, -0.25) is 4.79 Å². The van der Waals surface area contributed by atoms with Crippen LogP contribution in [0.5, 0.6) is 23.0 Å². The second-order valence-corrected chi connectivity index (χ2v) is 6.96. The van der Waals surface area contributed by atoms with Gasteiger partial charge < -0.3 is 19.3 Å². The molecule has 0 bridgehead atoms. The monoisotopic (exact) mass is 484 g/mol. The standard InChI is InChI=1S/C17H14Br2N2O5/c18-11-6-10(16(23)12(19)7-11)8-20-21-15(22)9-26-14-3-1-2-13-17(14)25-5-4-24-13/h1-3,6-8,23H,4-5,9H2,(H,21,22)/b20-8+. The number of carbonyl (C=O) groups is 1. The molecule has 2 N–H and O–H groups in total. The molecule has 136 valence electrons. The molecule has 0 aliphatic carbocycles. The van der Waals surface area contributed by atoms with Crippen molar-refractivity contribution in [1.82, 2.24) is 5.43 Å². The summed E-state index contributed by atoms with van der Waals surface area (Å²) in [6.07, 6.45) is 1.34. The first-order valence-corrected chi connectivity index (χ1v) is 9.14. The van der Waals surface area contributed by atoms with Crippen LogP contribution >= 0.6 is 31.9 Å². The highest BCUT2D eigenvalue weighted by molar-refractivity contribution is 9.11. The number of rotatable bonds is 5. The van der Waals surface area contributed by atoms with E-state index in [1.54, 1.807) is 30.3 Å². The van der Waals surface area contributed by atoms with Crippen LogP contribution in [0.25, 0.3) is 0 Å². The highest BCUT2D eigenvalue weighted by Gasteiger charge is 2.17. The number of benzene rings is 2. The molecule has 0 saturated carbocycles. The molecule has 1 heterocycles.